The van der Waals surface area contributed by atoms with Gasteiger partial charge in [0.05, 0.1) is 0 Å². The second-order valence-electron chi connectivity index (χ2n) is 3.48. The lowest BCUT2D eigenvalue weighted by Gasteiger charge is -2.49. The van der Waals surface area contributed by atoms with Gasteiger partial charge in [-0.1, -0.05) is 0 Å². The molecule has 0 bridgehead atoms. The molecule has 12 heavy (non-hydrogen) atoms. The highest BCUT2D eigenvalue weighted by atomic mass is 16.5. The van der Waals surface area contributed by atoms with Gasteiger partial charge in [0.15, 0.2) is 5.72 Å². The molecule has 0 heterocycles. The number of rotatable bonds is 0. The molecular formula is C6H15N3O3. The number of aliphatic hydroxyl groups is 3. The second kappa shape index (κ2) is 2.38. The fraction of sp³-hybridized carbons (Fsp3) is 1.00. The molecular weight excluding hydrogens is 162 g/mol. The Kier molecular flexibility index (Phi) is 1.95. The maximum atomic E-state index is 9.46. The normalized spacial score (nSPS) is 39.5. The van der Waals surface area contributed by atoms with E-state index in [-0.39, 0.29) is 12.8 Å². The SMILES string of the molecule is NC1(N)CCCC(O)(O)C1(N)O. The molecule has 1 aliphatic rings. The van der Waals surface area contributed by atoms with Crippen molar-refractivity contribution in [3.05, 3.63) is 0 Å². The van der Waals surface area contributed by atoms with Gasteiger partial charge in [0, 0.05) is 6.42 Å². The first-order chi connectivity index (χ1) is 5.21. The number of hydrogen-bond acceptors (Lipinski definition) is 6. The van der Waals surface area contributed by atoms with E-state index in [2.05, 4.69) is 0 Å². The fourth-order valence-corrected chi connectivity index (χ4v) is 1.38. The molecule has 0 aromatic heterocycles. The average Bonchev–Trinajstić information content (AvgIpc) is 1.83. The zero-order valence-corrected chi connectivity index (χ0v) is 6.70. The maximum Gasteiger partial charge on any atom is 0.209 e. The Hall–Kier alpha value is -0.240. The van der Waals surface area contributed by atoms with E-state index in [9.17, 15) is 15.3 Å². The lowest BCUT2D eigenvalue weighted by molar-refractivity contribution is -0.310. The van der Waals surface area contributed by atoms with Crippen molar-refractivity contribution in [2.75, 3.05) is 0 Å². The Labute approximate surface area is 70.0 Å². The zero-order valence-electron chi connectivity index (χ0n) is 6.70. The molecule has 6 heteroatoms. The highest BCUT2D eigenvalue weighted by Crippen LogP contribution is 2.34. The van der Waals surface area contributed by atoms with Crippen LogP contribution in [-0.4, -0.2) is 32.5 Å². The van der Waals surface area contributed by atoms with Crippen molar-refractivity contribution < 1.29 is 15.3 Å². The molecule has 0 amide bonds. The monoisotopic (exact) mass is 177 g/mol. The van der Waals surface area contributed by atoms with Crippen LogP contribution in [-0.2, 0) is 0 Å². The van der Waals surface area contributed by atoms with Crippen LogP contribution in [0.2, 0.25) is 0 Å². The molecule has 6 nitrogen and oxygen atoms in total. The molecule has 0 aromatic rings. The molecule has 1 rings (SSSR count). The van der Waals surface area contributed by atoms with Gasteiger partial charge >= 0.3 is 0 Å². The van der Waals surface area contributed by atoms with Gasteiger partial charge in [0.1, 0.15) is 5.66 Å². The summed E-state index contributed by atoms with van der Waals surface area (Å²) in [5.41, 5.74) is 12.0. The third kappa shape index (κ3) is 1.13. The van der Waals surface area contributed by atoms with E-state index in [0.717, 1.165) is 0 Å². The topological polar surface area (TPSA) is 139 Å². The van der Waals surface area contributed by atoms with Crippen molar-refractivity contribution in [3.63, 3.8) is 0 Å². The van der Waals surface area contributed by atoms with E-state index in [1.54, 1.807) is 0 Å². The molecule has 1 unspecified atom stereocenters. The van der Waals surface area contributed by atoms with Crippen molar-refractivity contribution in [2.45, 2.75) is 36.4 Å². The standard InChI is InChI=1S/C6H15N3O3/c7-4(8)2-1-3-5(10,11)6(4,9)12/h10-12H,1-3,7-9H2. The van der Waals surface area contributed by atoms with E-state index in [1.165, 1.54) is 0 Å². The molecule has 0 radical (unpaired) electrons. The molecule has 9 N–H and O–H groups in total. The van der Waals surface area contributed by atoms with E-state index in [4.69, 9.17) is 17.2 Å². The summed E-state index contributed by atoms with van der Waals surface area (Å²) in [5.74, 6) is -2.41. The highest BCUT2D eigenvalue weighted by molar-refractivity contribution is 5.06. The lowest BCUT2D eigenvalue weighted by atomic mass is 9.78. The molecule has 1 fully saturated rings. The minimum absolute atomic E-state index is 0.0316. The van der Waals surface area contributed by atoms with Gasteiger partial charge in [-0.3, -0.25) is 5.73 Å². The molecule has 72 valence electrons. The Bertz CT molecular complexity index is 172. The van der Waals surface area contributed by atoms with Crippen molar-refractivity contribution in [3.8, 4) is 0 Å². The van der Waals surface area contributed by atoms with E-state index >= 15 is 0 Å². The van der Waals surface area contributed by atoms with Crippen LogP contribution in [0, 0.1) is 0 Å². The third-order valence-electron chi connectivity index (χ3n) is 2.44. The zero-order chi connectivity index (χ0) is 9.62. The molecule has 0 aliphatic heterocycles. The summed E-state index contributed by atoms with van der Waals surface area (Å²) in [7, 11) is 0. The summed E-state index contributed by atoms with van der Waals surface area (Å²) in [4.78, 5) is 0. The molecule has 1 aliphatic carbocycles. The van der Waals surface area contributed by atoms with Crippen LogP contribution < -0.4 is 17.2 Å². The van der Waals surface area contributed by atoms with Gasteiger partial charge in [0.2, 0.25) is 5.79 Å². The average molecular weight is 177 g/mol. The summed E-state index contributed by atoms with van der Waals surface area (Å²) in [5, 5.41) is 28.0. The van der Waals surface area contributed by atoms with Gasteiger partial charge in [-0.15, -0.1) is 0 Å². The fourth-order valence-electron chi connectivity index (χ4n) is 1.38. The summed E-state index contributed by atoms with van der Waals surface area (Å²) < 4.78 is 0. The van der Waals surface area contributed by atoms with Crippen LogP contribution in [0.1, 0.15) is 19.3 Å². The quantitative estimate of drug-likeness (QED) is 0.220. The summed E-state index contributed by atoms with van der Waals surface area (Å²) in [6, 6.07) is 0. The molecule has 0 saturated heterocycles. The van der Waals surface area contributed by atoms with Crippen molar-refractivity contribution in [2.24, 2.45) is 17.2 Å². The van der Waals surface area contributed by atoms with Gasteiger partial charge in [-0.25, -0.2) is 0 Å². The molecule has 0 spiro atoms. The first-order valence-corrected chi connectivity index (χ1v) is 3.74. The van der Waals surface area contributed by atoms with Crippen LogP contribution in [0.15, 0.2) is 0 Å². The van der Waals surface area contributed by atoms with Crippen LogP contribution >= 0.6 is 0 Å². The predicted octanol–water partition coefficient (Wildman–Crippen LogP) is -2.89. The van der Waals surface area contributed by atoms with Gasteiger partial charge < -0.3 is 26.8 Å². The minimum atomic E-state index is -2.41. The second-order valence-corrected chi connectivity index (χ2v) is 3.48. The predicted molar refractivity (Wildman–Crippen MR) is 41.3 cm³/mol. The minimum Gasteiger partial charge on any atom is -0.368 e. The first kappa shape index (κ1) is 9.85. The van der Waals surface area contributed by atoms with Crippen LogP contribution in [0.3, 0.4) is 0 Å². The number of hydrogen-bond donors (Lipinski definition) is 6. The lowest BCUT2D eigenvalue weighted by Crippen LogP contribution is -2.82. The number of nitrogens with two attached hydrogens (primary N) is 3. The van der Waals surface area contributed by atoms with Crippen molar-refractivity contribution >= 4 is 0 Å². The Balaban J connectivity index is 2.99. The third-order valence-corrected chi connectivity index (χ3v) is 2.44. The van der Waals surface area contributed by atoms with Gasteiger partial charge in [-0.2, -0.15) is 0 Å². The van der Waals surface area contributed by atoms with Crippen LogP contribution in [0.5, 0.6) is 0 Å². The Morgan fingerprint density at radius 1 is 0.917 bits per heavy atom. The smallest absolute Gasteiger partial charge is 0.209 e. The summed E-state index contributed by atoms with van der Waals surface area (Å²) in [6.45, 7) is 0. The Morgan fingerprint density at radius 3 is 1.75 bits per heavy atom. The largest absolute Gasteiger partial charge is 0.368 e. The molecule has 1 saturated carbocycles. The van der Waals surface area contributed by atoms with E-state index in [0.29, 0.717) is 6.42 Å². The van der Waals surface area contributed by atoms with Crippen LogP contribution in [0.25, 0.3) is 0 Å². The van der Waals surface area contributed by atoms with Gasteiger partial charge in [-0.05, 0) is 12.8 Å². The van der Waals surface area contributed by atoms with E-state index < -0.39 is 17.2 Å². The maximum absolute atomic E-state index is 9.46. The van der Waals surface area contributed by atoms with E-state index in [1.807, 2.05) is 0 Å². The first-order valence-electron chi connectivity index (χ1n) is 3.74. The Morgan fingerprint density at radius 2 is 1.42 bits per heavy atom. The van der Waals surface area contributed by atoms with Crippen LogP contribution in [0.4, 0.5) is 0 Å². The highest BCUT2D eigenvalue weighted by Gasteiger charge is 2.58. The van der Waals surface area contributed by atoms with Crippen molar-refractivity contribution in [1.82, 2.24) is 0 Å². The van der Waals surface area contributed by atoms with Gasteiger partial charge in [0.25, 0.3) is 0 Å². The summed E-state index contributed by atoms with van der Waals surface area (Å²) in [6.07, 6.45) is 0.637. The van der Waals surface area contributed by atoms with Crippen molar-refractivity contribution in [1.29, 1.82) is 0 Å². The molecule has 0 aromatic carbocycles. The molecule has 1 atom stereocenters. The summed E-state index contributed by atoms with van der Waals surface area (Å²) >= 11 is 0.